The number of hydrogen-bond donors (Lipinski definition) is 0. The van der Waals surface area contributed by atoms with Crippen molar-refractivity contribution in [1.29, 1.82) is 0 Å². The number of nitrogens with zero attached hydrogens (tertiary/aromatic N) is 2. The average Bonchev–Trinajstić information content (AvgIpc) is 3.02. The molecule has 0 spiro atoms. The molecular weight excluding hydrogens is 316 g/mol. The van der Waals surface area contributed by atoms with Crippen molar-refractivity contribution in [2.45, 2.75) is 13.8 Å². The van der Waals surface area contributed by atoms with Gasteiger partial charge in [0.05, 0.1) is 38.4 Å². The molecule has 0 amide bonds. The normalized spacial score (nSPS) is 10.6. The van der Waals surface area contributed by atoms with E-state index in [9.17, 15) is 0 Å². The van der Waals surface area contributed by atoms with Gasteiger partial charge in [-0.3, -0.25) is 0 Å². The number of rotatable bonds is 5. The molecule has 0 unspecified atom stereocenters. The van der Waals surface area contributed by atoms with Crippen molar-refractivity contribution in [3.63, 3.8) is 0 Å². The maximum absolute atomic E-state index is 5.47. The molecule has 3 rings (SSSR count). The van der Waals surface area contributed by atoms with Crippen molar-refractivity contribution in [3.8, 4) is 34.2 Å². The van der Waals surface area contributed by atoms with E-state index in [1.165, 1.54) is 5.56 Å². The Kier molecular flexibility index (Phi) is 4.65. The first-order valence-electron chi connectivity index (χ1n) is 8.01. The van der Waals surface area contributed by atoms with E-state index >= 15 is 0 Å². The highest BCUT2D eigenvalue weighted by atomic mass is 16.5. The maximum atomic E-state index is 5.47. The zero-order valence-corrected chi connectivity index (χ0v) is 15.2. The molecule has 25 heavy (non-hydrogen) atoms. The third-order valence-corrected chi connectivity index (χ3v) is 4.07. The van der Waals surface area contributed by atoms with E-state index in [2.05, 4.69) is 36.3 Å². The molecule has 0 aliphatic carbocycles. The molecule has 0 atom stereocenters. The van der Waals surface area contributed by atoms with Gasteiger partial charge in [-0.1, -0.05) is 17.7 Å². The number of ether oxygens (including phenoxy) is 3. The van der Waals surface area contributed by atoms with Gasteiger partial charge in [0.2, 0.25) is 5.75 Å². The first-order valence-corrected chi connectivity index (χ1v) is 8.01. The fourth-order valence-electron chi connectivity index (χ4n) is 2.82. The Labute approximate surface area is 147 Å². The van der Waals surface area contributed by atoms with Crippen LogP contribution in [0.5, 0.6) is 17.2 Å². The first-order chi connectivity index (χ1) is 12.1. The Balaban J connectivity index is 2.19. The molecular formula is C20H22N2O3. The summed E-state index contributed by atoms with van der Waals surface area (Å²) in [6.45, 7) is 4.05. The summed E-state index contributed by atoms with van der Waals surface area (Å²) in [4.78, 5) is 0. The van der Waals surface area contributed by atoms with Gasteiger partial charge < -0.3 is 14.2 Å². The van der Waals surface area contributed by atoms with Gasteiger partial charge in [-0.15, -0.1) is 0 Å². The monoisotopic (exact) mass is 338 g/mol. The Morgan fingerprint density at radius 3 is 1.92 bits per heavy atom. The second-order valence-corrected chi connectivity index (χ2v) is 5.83. The fraction of sp³-hybridized carbons (Fsp3) is 0.250. The number of aryl methyl sites for hydroxylation is 2. The number of hydrogen-bond acceptors (Lipinski definition) is 4. The summed E-state index contributed by atoms with van der Waals surface area (Å²) in [5, 5.41) is 4.64. The molecule has 2 aromatic carbocycles. The Morgan fingerprint density at radius 1 is 0.800 bits per heavy atom. The quantitative estimate of drug-likeness (QED) is 0.700. The topological polar surface area (TPSA) is 45.5 Å². The molecule has 0 fully saturated rings. The second-order valence-electron chi connectivity index (χ2n) is 5.83. The van der Waals surface area contributed by atoms with Gasteiger partial charge in [-0.25, -0.2) is 4.68 Å². The minimum absolute atomic E-state index is 0.576. The molecule has 130 valence electrons. The Morgan fingerprint density at radius 2 is 1.40 bits per heavy atom. The van der Waals surface area contributed by atoms with Gasteiger partial charge in [-0.2, -0.15) is 5.10 Å². The van der Waals surface area contributed by atoms with Crippen LogP contribution in [-0.4, -0.2) is 31.1 Å². The van der Waals surface area contributed by atoms with Crippen LogP contribution >= 0.6 is 0 Å². The summed E-state index contributed by atoms with van der Waals surface area (Å²) in [6, 6.07) is 14.2. The van der Waals surface area contributed by atoms with Crippen molar-refractivity contribution in [1.82, 2.24) is 9.78 Å². The van der Waals surface area contributed by atoms with Crippen molar-refractivity contribution in [2.24, 2.45) is 0 Å². The molecule has 0 N–H and O–H groups in total. The molecule has 1 aromatic heterocycles. The van der Waals surface area contributed by atoms with Crippen LogP contribution in [0.4, 0.5) is 0 Å². The smallest absolute Gasteiger partial charge is 0.203 e. The summed E-state index contributed by atoms with van der Waals surface area (Å²) in [6.07, 6.45) is 0. The molecule has 0 aliphatic heterocycles. The first kappa shape index (κ1) is 16.9. The van der Waals surface area contributed by atoms with E-state index in [0.717, 1.165) is 22.6 Å². The summed E-state index contributed by atoms with van der Waals surface area (Å²) < 4.78 is 18.3. The van der Waals surface area contributed by atoms with E-state index in [-0.39, 0.29) is 0 Å². The molecule has 5 heteroatoms. The largest absolute Gasteiger partial charge is 0.493 e. The lowest BCUT2D eigenvalue weighted by atomic mass is 10.1. The van der Waals surface area contributed by atoms with Crippen molar-refractivity contribution in [2.75, 3.05) is 21.3 Å². The standard InChI is InChI=1S/C20H22N2O3/c1-13-6-8-16(9-7-13)22-17(10-14(2)21-22)15-11-18(23-3)20(25-5)19(12-15)24-4/h6-12H,1-5H3. The number of benzene rings is 2. The van der Waals surface area contributed by atoms with E-state index in [1.54, 1.807) is 21.3 Å². The lowest BCUT2D eigenvalue weighted by Gasteiger charge is -2.15. The highest BCUT2D eigenvalue weighted by Gasteiger charge is 2.17. The molecule has 0 saturated carbocycles. The van der Waals surface area contributed by atoms with E-state index in [0.29, 0.717) is 17.2 Å². The van der Waals surface area contributed by atoms with Crippen LogP contribution in [0.25, 0.3) is 16.9 Å². The Hall–Kier alpha value is -2.95. The number of methoxy groups -OCH3 is 3. The van der Waals surface area contributed by atoms with Crippen molar-refractivity contribution < 1.29 is 14.2 Å². The second kappa shape index (κ2) is 6.89. The average molecular weight is 338 g/mol. The molecule has 1 heterocycles. The molecule has 0 radical (unpaired) electrons. The van der Waals surface area contributed by atoms with Crippen molar-refractivity contribution in [3.05, 3.63) is 53.7 Å². The zero-order valence-electron chi connectivity index (χ0n) is 15.2. The van der Waals surface area contributed by atoms with E-state index in [1.807, 2.05) is 29.8 Å². The van der Waals surface area contributed by atoms with Gasteiger partial charge in [0.15, 0.2) is 11.5 Å². The maximum Gasteiger partial charge on any atom is 0.203 e. The van der Waals surface area contributed by atoms with Crippen LogP contribution in [-0.2, 0) is 0 Å². The lowest BCUT2D eigenvalue weighted by Crippen LogP contribution is -2.01. The van der Waals surface area contributed by atoms with E-state index < -0.39 is 0 Å². The van der Waals surface area contributed by atoms with Gasteiger partial charge in [0, 0.05) is 5.56 Å². The highest BCUT2D eigenvalue weighted by Crippen LogP contribution is 2.41. The lowest BCUT2D eigenvalue weighted by molar-refractivity contribution is 0.324. The predicted octanol–water partition coefficient (Wildman–Crippen LogP) is 4.18. The minimum atomic E-state index is 0.576. The van der Waals surface area contributed by atoms with Crippen LogP contribution in [0.2, 0.25) is 0 Å². The number of aromatic nitrogens is 2. The van der Waals surface area contributed by atoms with Gasteiger partial charge >= 0.3 is 0 Å². The van der Waals surface area contributed by atoms with Crippen LogP contribution in [0.1, 0.15) is 11.3 Å². The van der Waals surface area contributed by atoms with Crippen LogP contribution in [0.15, 0.2) is 42.5 Å². The Bertz CT molecular complexity index is 857. The molecule has 0 aliphatic rings. The van der Waals surface area contributed by atoms with E-state index in [4.69, 9.17) is 14.2 Å². The third-order valence-electron chi connectivity index (χ3n) is 4.07. The molecule has 0 saturated heterocycles. The molecule has 5 nitrogen and oxygen atoms in total. The van der Waals surface area contributed by atoms with Gasteiger partial charge in [-0.05, 0) is 44.2 Å². The molecule has 3 aromatic rings. The SMILES string of the molecule is COc1cc(-c2cc(C)nn2-c2ccc(C)cc2)cc(OC)c1OC. The van der Waals surface area contributed by atoms with Crippen molar-refractivity contribution >= 4 is 0 Å². The summed E-state index contributed by atoms with van der Waals surface area (Å²) >= 11 is 0. The minimum Gasteiger partial charge on any atom is -0.493 e. The van der Waals surface area contributed by atoms with Gasteiger partial charge in [0.25, 0.3) is 0 Å². The summed E-state index contributed by atoms with van der Waals surface area (Å²) in [7, 11) is 4.83. The fourth-order valence-corrected chi connectivity index (χ4v) is 2.82. The van der Waals surface area contributed by atoms with Crippen LogP contribution in [0, 0.1) is 13.8 Å². The zero-order chi connectivity index (χ0) is 18.0. The predicted molar refractivity (Wildman–Crippen MR) is 98.1 cm³/mol. The summed E-state index contributed by atoms with van der Waals surface area (Å²) in [5.74, 6) is 1.81. The third kappa shape index (κ3) is 3.18. The van der Waals surface area contributed by atoms with Crippen LogP contribution < -0.4 is 14.2 Å². The van der Waals surface area contributed by atoms with Gasteiger partial charge in [0.1, 0.15) is 0 Å². The summed E-state index contributed by atoms with van der Waals surface area (Å²) in [5.41, 5.74) is 5.05. The highest BCUT2D eigenvalue weighted by molar-refractivity contribution is 5.70. The van der Waals surface area contributed by atoms with Crippen LogP contribution in [0.3, 0.4) is 0 Å². The molecule has 0 bridgehead atoms.